The van der Waals surface area contributed by atoms with Crippen molar-refractivity contribution in [1.29, 1.82) is 0 Å². The molecule has 0 aliphatic heterocycles. The molecule has 3 aromatic rings. The Hall–Kier alpha value is -2.70. The van der Waals surface area contributed by atoms with Gasteiger partial charge in [0.2, 0.25) is 0 Å². The molecule has 0 saturated heterocycles. The minimum absolute atomic E-state index is 0.342. The van der Waals surface area contributed by atoms with Crippen molar-refractivity contribution in [3.8, 4) is 29.1 Å². The van der Waals surface area contributed by atoms with Crippen LogP contribution in [0.4, 0.5) is 0 Å². The van der Waals surface area contributed by atoms with Gasteiger partial charge >= 0.3 is 0 Å². The fourth-order valence-corrected chi connectivity index (χ4v) is 2.28. The summed E-state index contributed by atoms with van der Waals surface area (Å²) >= 11 is 3.40. The average molecular weight is 379 g/mol. The SMILES string of the molecule is Brc1ccc(C#CCOc2ccc(Oc3ccccc3)cc2)cc1. The molecule has 118 valence electrons. The van der Waals surface area contributed by atoms with Crippen molar-refractivity contribution in [2.24, 2.45) is 0 Å². The first-order valence-corrected chi connectivity index (χ1v) is 8.29. The van der Waals surface area contributed by atoms with Crippen LogP contribution in [0.2, 0.25) is 0 Å². The van der Waals surface area contributed by atoms with Crippen LogP contribution in [0.3, 0.4) is 0 Å². The normalized spacial score (nSPS) is 9.71. The first kappa shape index (κ1) is 16.2. The van der Waals surface area contributed by atoms with Crippen molar-refractivity contribution in [3.05, 3.63) is 88.9 Å². The summed E-state index contributed by atoms with van der Waals surface area (Å²) in [6.07, 6.45) is 0. The molecule has 0 unspecified atom stereocenters. The van der Waals surface area contributed by atoms with Crippen molar-refractivity contribution >= 4 is 15.9 Å². The first-order chi connectivity index (χ1) is 11.8. The molecule has 0 N–H and O–H groups in total. The summed E-state index contributed by atoms with van der Waals surface area (Å²) in [4.78, 5) is 0. The molecule has 24 heavy (non-hydrogen) atoms. The quantitative estimate of drug-likeness (QED) is 0.544. The highest BCUT2D eigenvalue weighted by Gasteiger charge is 1.97. The third kappa shape index (κ3) is 4.91. The molecule has 2 nitrogen and oxygen atoms in total. The molecular weight excluding hydrogens is 364 g/mol. The molecule has 0 radical (unpaired) electrons. The average Bonchev–Trinajstić information content (AvgIpc) is 2.62. The van der Waals surface area contributed by atoms with Crippen molar-refractivity contribution in [2.45, 2.75) is 0 Å². The van der Waals surface area contributed by atoms with E-state index < -0.39 is 0 Å². The first-order valence-electron chi connectivity index (χ1n) is 7.50. The van der Waals surface area contributed by atoms with Gasteiger partial charge in [-0.15, -0.1) is 0 Å². The standard InChI is InChI=1S/C21H15BrO2/c22-18-10-8-17(9-11-18)5-4-16-23-19-12-14-21(15-13-19)24-20-6-2-1-3-7-20/h1-3,6-15H,16H2. The molecule has 0 fully saturated rings. The van der Waals surface area contributed by atoms with Gasteiger partial charge in [-0.2, -0.15) is 0 Å². The van der Waals surface area contributed by atoms with Crippen LogP contribution in [-0.2, 0) is 0 Å². The fraction of sp³-hybridized carbons (Fsp3) is 0.0476. The Morgan fingerprint density at radius 1 is 0.708 bits per heavy atom. The lowest BCUT2D eigenvalue weighted by Gasteiger charge is -2.06. The number of para-hydroxylation sites is 1. The second-order valence-electron chi connectivity index (χ2n) is 4.98. The molecule has 0 heterocycles. The smallest absolute Gasteiger partial charge is 0.149 e. The third-order valence-electron chi connectivity index (χ3n) is 3.19. The minimum atomic E-state index is 0.342. The maximum atomic E-state index is 5.74. The van der Waals surface area contributed by atoms with E-state index in [2.05, 4.69) is 27.8 Å². The van der Waals surface area contributed by atoms with Crippen molar-refractivity contribution in [1.82, 2.24) is 0 Å². The summed E-state index contributed by atoms with van der Waals surface area (Å²) in [5.74, 6) is 8.42. The topological polar surface area (TPSA) is 18.5 Å². The van der Waals surface area contributed by atoms with Gasteiger partial charge in [-0.05, 0) is 60.7 Å². The van der Waals surface area contributed by atoms with E-state index in [1.807, 2.05) is 78.9 Å². The van der Waals surface area contributed by atoms with Crippen molar-refractivity contribution in [3.63, 3.8) is 0 Å². The van der Waals surface area contributed by atoms with Crippen LogP contribution in [0.1, 0.15) is 5.56 Å². The summed E-state index contributed by atoms with van der Waals surface area (Å²) in [6.45, 7) is 0.342. The van der Waals surface area contributed by atoms with Gasteiger partial charge in [0.05, 0.1) is 0 Å². The highest BCUT2D eigenvalue weighted by Crippen LogP contribution is 2.23. The second-order valence-corrected chi connectivity index (χ2v) is 5.90. The van der Waals surface area contributed by atoms with Crippen LogP contribution < -0.4 is 9.47 Å². The lowest BCUT2D eigenvalue weighted by atomic mass is 10.2. The van der Waals surface area contributed by atoms with Gasteiger partial charge in [0.25, 0.3) is 0 Å². The summed E-state index contributed by atoms with van der Waals surface area (Å²) in [5, 5.41) is 0. The third-order valence-corrected chi connectivity index (χ3v) is 3.72. The van der Waals surface area contributed by atoms with Crippen molar-refractivity contribution < 1.29 is 9.47 Å². The molecule has 0 spiro atoms. The number of hydrogen-bond donors (Lipinski definition) is 0. The van der Waals surface area contributed by atoms with Gasteiger partial charge in [0, 0.05) is 10.0 Å². The zero-order valence-electron chi connectivity index (χ0n) is 12.9. The van der Waals surface area contributed by atoms with Crippen LogP contribution in [0.25, 0.3) is 0 Å². The van der Waals surface area contributed by atoms with Gasteiger partial charge in [0.1, 0.15) is 23.9 Å². The molecule has 3 aromatic carbocycles. The maximum absolute atomic E-state index is 5.74. The lowest BCUT2D eigenvalue weighted by molar-refractivity contribution is 0.369. The van der Waals surface area contributed by atoms with E-state index in [0.717, 1.165) is 27.3 Å². The number of benzene rings is 3. The Kier molecular flexibility index (Phi) is 5.55. The summed E-state index contributed by atoms with van der Waals surface area (Å²) in [5.41, 5.74) is 0.966. The van der Waals surface area contributed by atoms with Crippen LogP contribution in [-0.4, -0.2) is 6.61 Å². The maximum Gasteiger partial charge on any atom is 0.149 e. The lowest BCUT2D eigenvalue weighted by Crippen LogP contribution is -1.94. The fourth-order valence-electron chi connectivity index (χ4n) is 2.02. The Morgan fingerprint density at radius 2 is 1.33 bits per heavy atom. The van der Waals surface area contributed by atoms with E-state index in [-0.39, 0.29) is 0 Å². The van der Waals surface area contributed by atoms with Gasteiger partial charge < -0.3 is 9.47 Å². The van der Waals surface area contributed by atoms with E-state index in [0.29, 0.717) is 6.61 Å². The molecule has 3 rings (SSSR count). The predicted octanol–water partition coefficient (Wildman–Crippen LogP) is 5.67. The monoisotopic (exact) mass is 378 g/mol. The molecular formula is C21H15BrO2. The largest absolute Gasteiger partial charge is 0.481 e. The zero-order valence-corrected chi connectivity index (χ0v) is 14.5. The van der Waals surface area contributed by atoms with E-state index in [1.54, 1.807) is 0 Å². The van der Waals surface area contributed by atoms with E-state index in [9.17, 15) is 0 Å². The van der Waals surface area contributed by atoms with E-state index in [4.69, 9.17) is 9.47 Å². The molecule has 0 aliphatic carbocycles. The number of rotatable bonds is 4. The van der Waals surface area contributed by atoms with Crippen LogP contribution >= 0.6 is 15.9 Å². The molecule has 0 saturated carbocycles. The number of halogens is 1. The Labute approximate surface area is 150 Å². The van der Waals surface area contributed by atoms with Gasteiger partial charge in [-0.25, -0.2) is 0 Å². The van der Waals surface area contributed by atoms with Crippen LogP contribution in [0.5, 0.6) is 17.2 Å². The van der Waals surface area contributed by atoms with Crippen molar-refractivity contribution in [2.75, 3.05) is 6.61 Å². The molecule has 0 bridgehead atoms. The minimum Gasteiger partial charge on any atom is -0.481 e. The molecule has 3 heteroatoms. The van der Waals surface area contributed by atoms with Crippen LogP contribution in [0, 0.1) is 11.8 Å². The van der Waals surface area contributed by atoms with Gasteiger partial charge in [-0.1, -0.05) is 46.0 Å². The second kappa shape index (κ2) is 8.24. The molecule has 0 aliphatic rings. The van der Waals surface area contributed by atoms with Gasteiger partial charge in [0.15, 0.2) is 0 Å². The molecule has 0 atom stereocenters. The van der Waals surface area contributed by atoms with Gasteiger partial charge in [-0.3, -0.25) is 0 Å². The Bertz CT molecular complexity index is 829. The summed E-state index contributed by atoms with van der Waals surface area (Å²) in [7, 11) is 0. The highest BCUT2D eigenvalue weighted by molar-refractivity contribution is 9.10. The number of hydrogen-bond acceptors (Lipinski definition) is 2. The molecule has 0 aromatic heterocycles. The molecule has 0 amide bonds. The highest BCUT2D eigenvalue weighted by atomic mass is 79.9. The summed E-state index contributed by atoms with van der Waals surface area (Å²) < 4.78 is 12.4. The predicted molar refractivity (Wildman–Crippen MR) is 99.5 cm³/mol. The van der Waals surface area contributed by atoms with Crippen LogP contribution in [0.15, 0.2) is 83.3 Å². The Morgan fingerprint density at radius 3 is 2.04 bits per heavy atom. The Balaban J connectivity index is 1.52. The zero-order chi connectivity index (χ0) is 16.6. The van der Waals surface area contributed by atoms with E-state index >= 15 is 0 Å². The summed E-state index contributed by atoms with van der Waals surface area (Å²) in [6, 6.07) is 25.1. The number of ether oxygens (including phenoxy) is 2. The van der Waals surface area contributed by atoms with E-state index in [1.165, 1.54) is 0 Å².